The third-order valence-electron chi connectivity index (χ3n) is 2.30. The molecule has 1 aliphatic heterocycles. The van der Waals surface area contributed by atoms with Crippen LogP contribution in [0.4, 0.5) is 5.69 Å². The van der Waals surface area contributed by atoms with Gasteiger partial charge < -0.3 is 0 Å². The molecule has 2 rings (SSSR count). The zero-order chi connectivity index (χ0) is 11.5. The van der Waals surface area contributed by atoms with Crippen LogP contribution in [-0.4, -0.2) is 29.7 Å². The highest BCUT2D eigenvalue weighted by Gasteiger charge is 2.31. The second-order valence-corrected chi connectivity index (χ2v) is 3.56. The van der Waals surface area contributed by atoms with Gasteiger partial charge in [-0.1, -0.05) is 18.2 Å². The van der Waals surface area contributed by atoms with Gasteiger partial charge in [0.05, 0.1) is 11.4 Å². The first kappa shape index (κ1) is 10.5. The Morgan fingerprint density at radius 2 is 2.00 bits per heavy atom. The molecule has 0 bridgehead atoms. The van der Waals surface area contributed by atoms with Crippen molar-refractivity contribution < 1.29 is 4.79 Å². The van der Waals surface area contributed by atoms with Gasteiger partial charge in [-0.3, -0.25) is 4.79 Å². The fraction of sp³-hybridized carbons (Fsp3) is 0.273. The fourth-order valence-corrected chi connectivity index (χ4v) is 1.45. The van der Waals surface area contributed by atoms with E-state index in [4.69, 9.17) is 0 Å². The minimum Gasteiger partial charge on any atom is -0.270 e. The lowest BCUT2D eigenvalue weighted by atomic mass is 10.2. The molecule has 1 aromatic rings. The van der Waals surface area contributed by atoms with Crippen molar-refractivity contribution in [2.24, 2.45) is 15.3 Å². The summed E-state index contributed by atoms with van der Waals surface area (Å²) in [5.74, 6) is -0.141. The van der Waals surface area contributed by atoms with Crippen molar-refractivity contribution in [3.63, 3.8) is 0 Å². The van der Waals surface area contributed by atoms with Gasteiger partial charge in [-0.25, -0.2) is 5.01 Å². The highest BCUT2D eigenvalue weighted by atomic mass is 16.2. The Labute approximate surface area is 93.5 Å². The highest BCUT2D eigenvalue weighted by molar-refractivity contribution is 6.10. The van der Waals surface area contributed by atoms with Crippen LogP contribution in [0.5, 0.6) is 0 Å². The summed E-state index contributed by atoms with van der Waals surface area (Å²) in [4.78, 5) is 11.6. The molecule has 1 atom stereocenters. The maximum Gasteiger partial charge on any atom is 0.275 e. The Morgan fingerprint density at radius 3 is 2.56 bits per heavy atom. The van der Waals surface area contributed by atoms with E-state index in [1.807, 2.05) is 30.3 Å². The zero-order valence-electron chi connectivity index (χ0n) is 9.16. The smallest absolute Gasteiger partial charge is 0.270 e. The van der Waals surface area contributed by atoms with E-state index < -0.39 is 6.04 Å². The molecule has 1 heterocycles. The zero-order valence-corrected chi connectivity index (χ0v) is 9.16. The van der Waals surface area contributed by atoms with Gasteiger partial charge in [0.2, 0.25) is 0 Å². The van der Waals surface area contributed by atoms with Crippen molar-refractivity contribution in [2.75, 3.05) is 7.05 Å². The molecule has 0 radical (unpaired) electrons. The molecule has 0 aliphatic carbocycles. The topological polar surface area (TPSA) is 57.4 Å². The maximum atomic E-state index is 11.6. The summed E-state index contributed by atoms with van der Waals surface area (Å²) < 4.78 is 0. The normalized spacial score (nSPS) is 20.6. The molecule has 16 heavy (non-hydrogen) atoms. The SMILES string of the molecule is CC1=NN(C)C(=O)C1N=Nc1ccccc1. The van der Waals surface area contributed by atoms with Crippen LogP contribution in [0, 0.1) is 0 Å². The average molecular weight is 216 g/mol. The fourth-order valence-electron chi connectivity index (χ4n) is 1.45. The second-order valence-electron chi connectivity index (χ2n) is 3.56. The van der Waals surface area contributed by atoms with Crippen molar-refractivity contribution in [3.8, 4) is 0 Å². The van der Waals surface area contributed by atoms with Crippen LogP contribution >= 0.6 is 0 Å². The first-order valence-corrected chi connectivity index (χ1v) is 4.97. The van der Waals surface area contributed by atoms with E-state index >= 15 is 0 Å². The summed E-state index contributed by atoms with van der Waals surface area (Å²) in [5, 5.41) is 13.3. The largest absolute Gasteiger partial charge is 0.275 e. The number of nitrogens with zero attached hydrogens (tertiary/aromatic N) is 4. The number of hydrogen-bond acceptors (Lipinski definition) is 4. The number of carbonyl (C=O) groups excluding carboxylic acids is 1. The number of rotatable bonds is 2. The third kappa shape index (κ3) is 1.98. The van der Waals surface area contributed by atoms with E-state index in [9.17, 15) is 4.79 Å². The van der Waals surface area contributed by atoms with Crippen molar-refractivity contribution >= 4 is 17.3 Å². The summed E-state index contributed by atoms with van der Waals surface area (Å²) in [6.07, 6.45) is 0. The van der Waals surface area contributed by atoms with Gasteiger partial charge in [0, 0.05) is 7.05 Å². The van der Waals surface area contributed by atoms with Gasteiger partial charge in [-0.2, -0.15) is 15.3 Å². The Bertz CT molecular complexity index is 452. The Kier molecular flexibility index (Phi) is 2.76. The van der Waals surface area contributed by atoms with Gasteiger partial charge >= 0.3 is 0 Å². The minimum atomic E-state index is -0.565. The Balaban J connectivity index is 2.14. The van der Waals surface area contributed by atoms with Crippen molar-refractivity contribution in [1.82, 2.24) is 5.01 Å². The predicted molar refractivity (Wildman–Crippen MR) is 60.6 cm³/mol. The summed E-state index contributed by atoms with van der Waals surface area (Å²) in [6.45, 7) is 1.77. The lowest BCUT2D eigenvalue weighted by Crippen LogP contribution is -2.27. The van der Waals surface area contributed by atoms with E-state index in [-0.39, 0.29) is 5.91 Å². The number of likely N-dealkylation sites (N-methyl/N-ethyl adjacent to an activating group) is 1. The number of amides is 1. The molecule has 1 aliphatic rings. The number of carbonyl (C=O) groups is 1. The van der Waals surface area contributed by atoms with Crippen molar-refractivity contribution in [3.05, 3.63) is 30.3 Å². The molecule has 1 unspecified atom stereocenters. The van der Waals surface area contributed by atoms with Crippen LogP contribution < -0.4 is 0 Å². The van der Waals surface area contributed by atoms with Crippen molar-refractivity contribution in [1.29, 1.82) is 0 Å². The van der Waals surface area contributed by atoms with Crippen LogP contribution in [0.3, 0.4) is 0 Å². The molecule has 0 saturated heterocycles. The maximum absolute atomic E-state index is 11.6. The van der Waals surface area contributed by atoms with Crippen molar-refractivity contribution in [2.45, 2.75) is 13.0 Å². The number of benzene rings is 1. The summed E-state index contributed by atoms with van der Waals surface area (Å²) in [6, 6.07) is 8.75. The highest BCUT2D eigenvalue weighted by Crippen LogP contribution is 2.15. The number of azo groups is 1. The molecular formula is C11H12N4O. The Morgan fingerprint density at radius 1 is 1.31 bits per heavy atom. The second kappa shape index (κ2) is 4.22. The van der Waals surface area contributed by atoms with Crippen LogP contribution in [0.1, 0.15) is 6.92 Å². The van der Waals surface area contributed by atoms with Crippen LogP contribution in [0.15, 0.2) is 45.7 Å². The van der Waals surface area contributed by atoms with Gasteiger partial charge in [-0.15, -0.1) is 0 Å². The molecule has 0 N–H and O–H groups in total. The quantitative estimate of drug-likeness (QED) is 0.697. The van der Waals surface area contributed by atoms with E-state index in [0.717, 1.165) is 5.69 Å². The first-order chi connectivity index (χ1) is 7.68. The molecule has 5 nitrogen and oxygen atoms in total. The Hall–Kier alpha value is -2.04. The van der Waals surface area contributed by atoms with Gasteiger partial charge in [0.15, 0.2) is 6.04 Å². The number of hydrogen-bond donors (Lipinski definition) is 0. The predicted octanol–water partition coefficient (Wildman–Crippen LogP) is 1.99. The molecule has 1 aromatic carbocycles. The summed E-state index contributed by atoms with van der Waals surface area (Å²) in [7, 11) is 1.61. The molecule has 0 aromatic heterocycles. The molecule has 1 amide bonds. The number of hydrazone groups is 1. The standard InChI is InChI=1S/C11H12N4O/c1-8-10(11(16)15(2)14-8)13-12-9-6-4-3-5-7-9/h3-7,10H,1-2H3. The molecule has 82 valence electrons. The lowest BCUT2D eigenvalue weighted by Gasteiger charge is -2.03. The van der Waals surface area contributed by atoms with Gasteiger partial charge in [0.25, 0.3) is 5.91 Å². The third-order valence-corrected chi connectivity index (χ3v) is 2.30. The molecule has 0 spiro atoms. The van der Waals surface area contributed by atoms with Crippen LogP contribution in [0.25, 0.3) is 0 Å². The van der Waals surface area contributed by atoms with Crippen LogP contribution in [-0.2, 0) is 4.79 Å². The van der Waals surface area contributed by atoms with E-state index in [2.05, 4.69) is 15.3 Å². The molecular weight excluding hydrogens is 204 g/mol. The molecule has 5 heteroatoms. The summed E-state index contributed by atoms with van der Waals surface area (Å²) >= 11 is 0. The van der Waals surface area contributed by atoms with E-state index in [1.165, 1.54) is 5.01 Å². The van der Waals surface area contributed by atoms with Gasteiger partial charge in [0.1, 0.15) is 0 Å². The van der Waals surface area contributed by atoms with Gasteiger partial charge in [-0.05, 0) is 19.1 Å². The monoisotopic (exact) mass is 216 g/mol. The average Bonchev–Trinajstić information content (AvgIpc) is 2.53. The molecule has 0 fully saturated rings. The van der Waals surface area contributed by atoms with E-state index in [1.54, 1.807) is 14.0 Å². The van der Waals surface area contributed by atoms with E-state index in [0.29, 0.717) is 5.71 Å². The molecule has 0 saturated carbocycles. The first-order valence-electron chi connectivity index (χ1n) is 4.97. The lowest BCUT2D eigenvalue weighted by molar-refractivity contribution is -0.128. The van der Waals surface area contributed by atoms with Crippen LogP contribution in [0.2, 0.25) is 0 Å². The minimum absolute atomic E-state index is 0.141. The summed E-state index contributed by atoms with van der Waals surface area (Å²) in [5.41, 5.74) is 1.41.